The van der Waals surface area contributed by atoms with Crippen molar-refractivity contribution in [3.8, 4) is 0 Å². The Kier molecular flexibility index (Phi) is 3.61. The number of anilines is 1. The molecule has 0 amide bonds. The van der Waals surface area contributed by atoms with Crippen LogP contribution in [0.5, 0.6) is 0 Å². The molecule has 2 aliphatic rings. The van der Waals surface area contributed by atoms with E-state index in [1.54, 1.807) is 4.57 Å². The van der Waals surface area contributed by atoms with Crippen molar-refractivity contribution in [1.29, 1.82) is 0 Å². The monoisotopic (exact) mass is 359 g/mol. The van der Waals surface area contributed by atoms with Crippen LogP contribution in [0, 0.1) is 0 Å². The molecule has 2 saturated heterocycles. The maximum Gasteiger partial charge on any atom is 0.327 e. The zero-order valence-electron chi connectivity index (χ0n) is 12.0. The molecule has 0 spiro atoms. The molecule has 4 rings (SSSR count). The standard InChI is InChI=1S/C11H14N5O5PS/c1-18-22(23)19-2-5-8(21-22)7(17)11(20-5)16-4-15-6-9(12)13-3-14-10(6)16/h3-5,7-8,11,17H,2H2,1H3,(H2,12,13,14)/t5?,7-,8?,11+,22?/m0/s1. The summed E-state index contributed by atoms with van der Waals surface area (Å²) in [6.45, 7) is -2.65. The molecular weight excluding hydrogens is 345 g/mol. The number of aliphatic hydroxyl groups excluding tert-OH is 1. The van der Waals surface area contributed by atoms with E-state index in [9.17, 15) is 5.11 Å². The van der Waals surface area contributed by atoms with E-state index in [0.717, 1.165) is 0 Å². The summed E-state index contributed by atoms with van der Waals surface area (Å²) in [4.78, 5) is 12.2. The minimum atomic E-state index is -2.84. The van der Waals surface area contributed by atoms with Crippen molar-refractivity contribution in [3.63, 3.8) is 0 Å². The fraction of sp³-hybridized carbons (Fsp3) is 0.545. The Morgan fingerprint density at radius 3 is 3.09 bits per heavy atom. The Morgan fingerprint density at radius 1 is 1.48 bits per heavy atom. The number of nitrogens with zero attached hydrogens (tertiary/aromatic N) is 4. The van der Waals surface area contributed by atoms with Gasteiger partial charge in [0.05, 0.1) is 12.9 Å². The summed E-state index contributed by atoms with van der Waals surface area (Å²) >= 11 is 5.19. The molecule has 23 heavy (non-hydrogen) atoms. The van der Waals surface area contributed by atoms with Gasteiger partial charge in [0.1, 0.15) is 30.2 Å². The van der Waals surface area contributed by atoms with Crippen LogP contribution < -0.4 is 5.73 Å². The van der Waals surface area contributed by atoms with Gasteiger partial charge in [-0.1, -0.05) is 0 Å². The highest BCUT2D eigenvalue weighted by Gasteiger charge is 2.51. The van der Waals surface area contributed by atoms with Crippen LogP contribution in [0.3, 0.4) is 0 Å². The van der Waals surface area contributed by atoms with Gasteiger partial charge in [0.15, 0.2) is 17.7 Å². The van der Waals surface area contributed by atoms with Crippen molar-refractivity contribution < 1.29 is 23.4 Å². The molecule has 3 N–H and O–H groups in total. The Bertz CT molecular complexity index is 802. The quantitative estimate of drug-likeness (QED) is 0.705. The number of aromatic nitrogens is 4. The van der Waals surface area contributed by atoms with Gasteiger partial charge in [-0.25, -0.2) is 15.0 Å². The summed E-state index contributed by atoms with van der Waals surface area (Å²) in [6.07, 6.45) is -0.00162. The molecular formula is C11H14N5O5PS. The number of ether oxygens (including phenoxy) is 1. The fourth-order valence-corrected chi connectivity index (χ4v) is 4.33. The Balaban J connectivity index is 1.68. The summed E-state index contributed by atoms with van der Waals surface area (Å²) in [5.41, 5.74) is 6.68. The third-order valence-electron chi connectivity index (χ3n) is 3.84. The summed E-state index contributed by atoms with van der Waals surface area (Å²) in [6, 6.07) is 0. The fourth-order valence-electron chi connectivity index (χ4n) is 2.71. The number of hydrogen-bond acceptors (Lipinski definition) is 10. The maximum atomic E-state index is 10.6. The van der Waals surface area contributed by atoms with E-state index in [-0.39, 0.29) is 12.4 Å². The molecule has 0 bridgehead atoms. The molecule has 124 valence electrons. The third kappa shape index (κ3) is 2.36. The Hall–Kier alpha value is -1.20. The lowest BCUT2D eigenvalue weighted by molar-refractivity contribution is -0.0606. The Morgan fingerprint density at radius 2 is 2.30 bits per heavy atom. The van der Waals surface area contributed by atoms with Gasteiger partial charge >= 0.3 is 6.72 Å². The first-order valence-electron chi connectivity index (χ1n) is 6.77. The topological polar surface area (TPSA) is 127 Å². The first kappa shape index (κ1) is 15.3. The average Bonchev–Trinajstić information content (AvgIpc) is 3.10. The highest BCUT2D eigenvalue weighted by molar-refractivity contribution is 8.07. The first-order chi connectivity index (χ1) is 11.0. The van der Waals surface area contributed by atoms with Crippen LogP contribution in [0.15, 0.2) is 12.7 Å². The molecule has 0 aromatic carbocycles. The highest BCUT2D eigenvalue weighted by Crippen LogP contribution is 2.56. The highest BCUT2D eigenvalue weighted by atomic mass is 32.5. The molecule has 2 aromatic rings. The molecule has 2 fully saturated rings. The second kappa shape index (κ2) is 5.42. The van der Waals surface area contributed by atoms with Crippen LogP contribution >= 0.6 is 6.72 Å². The third-order valence-corrected chi connectivity index (χ3v) is 6.28. The van der Waals surface area contributed by atoms with Crippen molar-refractivity contribution in [2.45, 2.75) is 24.5 Å². The van der Waals surface area contributed by atoms with E-state index >= 15 is 0 Å². The predicted molar refractivity (Wildman–Crippen MR) is 81.8 cm³/mol. The van der Waals surface area contributed by atoms with Crippen LogP contribution in [-0.4, -0.2) is 56.7 Å². The molecule has 0 radical (unpaired) electrons. The zero-order valence-corrected chi connectivity index (χ0v) is 13.7. The Labute approximate surface area is 135 Å². The zero-order chi connectivity index (χ0) is 16.2. The van der Waals surface area contributed by atoms with E-state index in [1.165, 1.54) is 19.8 Å². The van der Waals surface area contributed by atoms with Gasteiger partial charge in [-0.05, 0) is 11.8 Å². The summed E-state index contributed by atoms with van der Waals surface area (Å²) < 4.78 is 23.6. The van der Waals surface area contributed by atoms with Crippen LogP contribution in [-0.2, 0) is 30.1 Å². The number of nitrogens with two attached hydrogens (primary N) is 1. The van der Waals surface area contributed by atoms with E-state index in [0.29, 0.717) is 11.2 Å². The molecule has 3 unspecified atom stereocenters. The second-order valence-electron chi connectivity index (χ2n) is 5.13. The smallest absolute Gasteiger partial charge is 0.327 e. The number of aliphatic hydroxyl groups is 1. The molecule has 0 saturated carbocycles. The summed E-state index contributed by atoms with van der Waals surface area (Å²) in [5, 5.41) is 10.6. The minimum Gasteiger partial charge on any atom is -0.386 e. The normalized spacial score (nSPS) is 37.1. The van der Waals surface area contributed by atoms with Crippen LogP contribution in [0.2, 0.25) is 0 Å². The predicted octanol–water partition coefficient (Wildman–Crippen LogP) is -0.0469. The maximum absolute atomic E-state index is 10.6. The van der Waals surface area contributed by atoms with Gasteiger partial charge in [-0.3, -0.25) is 9.09 Å². The van der Waals surface area contributed by atoms with Gasteiger partial charge in [0.25, 0.3) is 0 Å². The largest absolute Gasteiger partial charge is 0.386 e. The van der Waals surface area contributed by atoms with Gasteiger partial charge in [0.2, 0.25) is 0 Å². The van der Waals surface area contributed by atoms with E-state index < -0.39 is 31.3 Å². The average molecular weight is 359 g/mol. The molecule has 0 aliphatic carbocycles. The lowest BCUT2D eigenvalue weighted by Gasteiger charge is -2.32. The van der Waals surface area contributed by atoms with Gasteiger partial charge < -0.3 is 24.6 Å². The molecule has 4 heterocycles. The van der Waals surface area contributed by atoms with E-state index in [2.05, 4.69) is 15.0 Å². The minimum absolute atomic E-state index is 0.188. The number of hydrogen-bond donors (Lipinski definition) is 2. The molecule has 5 atom stereocenters. The van der Waals surface area contributed by atoms with Crippen LogP contribution in [0.25, 0.3) is 11.2 Å². The lowest BCUT2D eigenvalue weighted by atomic mass is 10.1. The van der Waals surface area contributed by atoms with Crippen molar-refractivity contribution in [2.24, 2.45) is 0 Å². The van der Waals surface area contributed by atoms with Crippen molar-refractivity contribution >= 4 is 35.5 Å². The summed E-state index contributed by atoms with van der Waals surface area (Å²) in [7, 11) is 1.42. The number of imidazole rings is 1. The second-order valence-corrected chi connectivity index (χ2v) is 8.20. The van der Waals surface area contributed by atoms with Crippen LogP contribution in [0.1, 0.15) is 6.23 Å². The van der Waals surface area contributed by atoms with Gasteiger partial charge in [0, 0.05) is 7.11 Å². The number of rotatable bonds is 2. The molecule has 2 aliphatic heterocycles. The molecule has 2 aromatic heterocycles. The van der Waals surface area contributed by atoms with Crippen molar-refractivity contribution in [2.75, 3.05) is 19.5 Å². The van der Waals surface area contributed by atoms with Gasteiger partial charge in [-0.2, -0.15) is 0 Å². The first-order valence-corrected chi connectivity index (χ1v) is 9.33. The van der Waals surface area contributed by atoms with E-state index in [1.807, 2.05) is 0 Å². The van der Waals surface area contributed by atoms with Crippen molar-refractivity contribution in [1.82, 2.24) is 19.5 Å². The van der Waals surface area contributed by atoms with Crippen molar-refractivity contribution in [3.05, 3.63) is 12.7 Å². The van der Waals surface area contributed by atoms with E-state index in [4.69, 9.17) is 35.8 Å². The van der Waals surface area contributed by atoms with Crippen LogP contribution in [0.4, 0.5) is 5.82 Å². The number of fused-ring (bicyclic) bond motifs is 2. The molecule has 12 heteroatoms. The number of nitrogen functional groups attached to an aromatic ring is 1. The molecule has 10 nitrogen and oxygen atoms in total. The lowest BCUT2D eigenvalue weighted by Crippen LogP contribution is -2.39. The SMILES string of the molecule is COP1(=S)OCC2O[C@@H](n3cnc4c(N)ncnc43)[C@@H](O)C2O1. The summed E-state index contributed by atoms with van der Waals surface area (Å²) in [5.74, 6) is 0.258. The van der Waals surface area contributed by atoms with Gasteiger partial charge in [-0.15, -0.1) is 0 Å².